The van der Waals surface area contributed by atoms with Crippen LogP contribution in [0.5, 0.6) is 0 Å². The van der Waals surface area contributed by atoms with Crippen LogP contribution in [0.15, 0.2) is 84.9 Å². The highest BCUT2D eigenvalue weighted by Crippen LogP contribution is 2.47. The zero-order valence-corrected chi connectivity index (χ0v) is 16.4. The van der Waals surface area contributed by atoms with Crippen LogP contribution in [0.1, 0.15) is 25.0 Å². The molecule has 0 aliphatic carbocycles. The van der Waals surface area contributed by atoms with E-state index in [0.29, 0.717) is 0 Å². The number of halogens is 1. The minimum atomic E-state index is -0.208. The molecule has 0 unspecified atom stereocenters. The third kappa shape index (κ3) is 2.14. The van der Waals surface area contributed by atoms with Crippen molar-refractivity contribution in [3.63, 3.8) is 0 Å². The van der Waals surface area contributed by atoms with Crippen molar-refractivity contribution in [2.75, 3.05) is 0 Å². The lowest BCUT2D eigenvalue weighted by Gasteiger charge is -2.34. The smallest absolute Gasteiger partial charge is 0.123 e. The van der Waals surface area contributed by atoms with Crippen LogP contribution in [0.3, 0.4) is 0 Å². The summed E-state index contributed by atoms with van der Waals surface area (Å²) in [5, 5.41) is 2.50. The molecule has 1 aliphatic rings. The van der Waals surface area contributed by atoms with E-state index < -0.39 is 0 Å². The van der Waals surface area contributed by atoms with E-state index >= 15 is 0 Å². The molecular weight excluding hydrogens is 357 g/mol. The van der Waals surface area contributed by atoms with E-state index in [4.69, 9.17) is 0 Å². The largest absolute Gasteiger partial charge is 0.309 e. The second-order valence-corrected chi connectivity index (χ2v) is 8.42. The van der Waals surface area contributed by atoms with Gasteiger partial charge in [-0.05, 0) is 52.6 Å². The first-order valence-electron chi connectivity index (χ1n) is 9.99. The zero-order chi connectivity index (χ0) is 19.8. The Kier molecular flexibility index (Phi) is 3.18. The molecule has 0 radical (unpaired) electrons. The summed E-state index contributed by atoms with van der Waals surface area (Å²) < 4.78 is 15.8. The average Bonchev–Trinajstić information content (AvgIpc) is 3.07. The number of fused-ring (bicyclic) bond motifs is 5. The van der Waals surface area contributed by atoms with E-state index in [1.54, 1.807) is 0 Å². The van der Waals surface area contributed by atoms with Gasteiger partial charge in [0.1, 0.15) is 5.82 Å². The van der Waals surface area contributed by atoms with Gasteiger partial charge in [-0.1, -0.05) is 68.4 Å². The number of aromatic nitrogens is 1. The van der Waals surface area contributed by atoms with Crippen molar-refractivity contribution in [3.8, 4) is 16.8 Å². The quantitative estimate of drug-likeness (QED) is 0.290. The molecule has 0 bridgehead atoms. The van der Waals surface area contributed by atoms with Gasteiger partial charge in [0.15, 0.2) is 0 Å². The van der Waals surface area contributed by atoms with Crippen LogP contribution in [-0.4, -0.2) is 4.57 Å². The van der Waals surface area contributed by atoms with Crippen molar-refractivity contribution >= 4 is 21.8 Å². The van der Waals surface area contributed by atoms with Gasteiger partial charge in [-0.2, -0.15) is 0 Å². The van der Waals surface area contributed by atoms with Crippen molar-refractivity contribution in [1.82, 2.24) is 4.57 Å². The van der Waals surface area contributed by atoms with Crippen molar-refractivity contribution in [2.45, 2.75) is 19.3 Å². The van der Waals surface area contributed by atoms with Crippen molar-refractivity contribution < 1.29 is 4.39 Å². The topological polar surface area (TPSA) is 4.93 Å². The van der Waals surface area contributed by atoms with E-state index in [0.717, 1.165) is 11.1 Å². The molecule has 1 nitrogen and oxygen atoms in total. The lowest BCUT2D eigenvalue weighted by atomic mass is 9.75. The van der Waals surface area contributed by atoms with Gasteiger partial charge in [0.25, 0.3) is 0 Å². The second-order valence-electron chi connectivity index (χ2n) is 8.42. The molecule has 1 aliphatic heterocycles. The van der Waals surface area contributed by atoms with Gasteiger partial charge >= 0.3 is 0 Å². The molecule has 0 spiro atoms. The molecule has 0 fully saturated rings. The lowest BCUT2D eigenvalue weighted by Crippen LogP contribution is -2.26. The second kappa shape index (κ2) is 5.57. The molecular formula is C27H20FN. The van der Waals surface area contributed by atoms with Crippen LogP contribution < -0.4 is 0 Å². The maximum Gasteiger partial charge on any atom is 0.123 e. The molecule has 0 saturated carbocycles. The van der Waals surface area contributed by atoms with Crippen molar-refractivity contribution in [2.24, 2.45) is 0 Å². The van der Waals surface area contributed by atoms with E-state index in [1.807, 2.05) is 12.1 Å². The summed E-state index contributed by atoms with van der Waals surface area (Å²) in [5.41, 5.74) is 8.54. The Hall–Kier alpha value is -3.39. The predicted molar refractivity (Wildman–Crippen MR) is 118 cm³/mol. The standard InChI is InChI=1S/C27H20FN/c1-27(2)22-7-3-4-9-25(22)29-24-15-12-18(17-10-13-19(28)14-11-17)16-21(24)20-6-5-8-23(27)26(20)29/h3-16H,1-2H3. The molecule has 1 aromatic heterocycles. The Balaban J connectivity index is 1.74. The number of nitrogens with zero attached hydrogens (tertiary/aromatic N) is 1. The summed E-state index contributed by atoms with van der Waals surface area (Å²) in [5.74, 6) is -0.208. The Morgan fingerprint density at radius 1 is 0.690 bits per heavy atom. The van der Waals surface area contributed by atoms with E-state index in [9.17, 15) is 4.39 Å². The summed E-state index contributed by atoms with van der Waals surface area (Å²) in [6, 6.07) is 28.7. The predicted octanol–water partition coefficient (Wildman–Crippen LogP) is 7.23. The molecule has 0 amide bonds. The molecule has 4 aromatic carbocycles. The summed E-state index contributed by atoms with van der Waals surface area (Å²) in [7, 11) is 0. The highest BCUT2D eigenvalue weighted by Gasteiger charge is 2.34. The Morgan fingerprint density at radius 3 is 2.24 bits per heavy atom. The fourth-order valence-electron chi connectivity index (χ4n) is 4.99. The van der Waals surface area contributed by atoms with Crippen LogP contribution in [0.25, 0.3) is 38.6 Å². The monoisotopic (exact) mass is 377 g/mol. The fraction of sp³-hybridized carbons (Fsp3) is 0.111. The third-order valence-electron chi connectivity index (χ3n) is 6.46. The van der Waals surface area contributed by atoms with Gasteiger partial charge < -0.3 is 4.57 Å². The van der Waals surface area contributed by atoms with Crippen molar-refractivity contribution in [1.29, 1.82) is 0 Å². The van der Waals surface area contributed by atoms with E-state index in [1.165, 1.54) is 50.8 Å². The maximum absolute atomic E-state index is 13.4. The van der Waals surface area contributed by atoms with E-state index in [-0.39, 0.29) is 11.2 Å². The normalized spacial score (nSPS) is 14.3. The number of hydrogen-bond donors (Lipinski definition) is 0. The maximum atomic E-state index is 13.4. The van der Waals surface area contributed by atoms with Crippen LogP contribution >= 0.6 is 0 Å². The molecule has 2 heteroatoms. The number of benzene rings is 4. The first kappa shape index (κ1) is 16.6. The summed E-state index contributed by atoms with van der Waals surface area (Å²) >= 11 is 0. The first-order valence-corrected chi connectivity index (χ1v) is 9.99. The SMILES string of the molecule is CC1(C)c2ccccc2-n2c3ccc(-c4ccc(F)cc4)cc3c3cccc1c32. The van der Waals surface area contributed by atoms with Crippen LogP contribution in [0.2, 0.25) is 0 Å². The third-order valence-corrected chi connectivity index (χ3v) is 6.46. The van der Waals surface area contributed by atoms with Crippen LogP contribution in [0, 0.1) is 5.82 Å². The average molecular weight is 377 g/mol. The minimum absolute atomic E-state index is 0.0553. The summed E-state index contributed by atoms with van der Waals surface area (Å²) in [4.78, 5) is 0. The fourth-order valence-corrected chi connectivity index (χ4v) is 4.99. The molecule has 6 rings (SSSR count). The number of rotatable bonds is 1. The summed E-state index contributed by atoms with van der Waals surface area (Å²) in [6.45, 7) is 4.62. The first-order chi connectivity index (χ1) is 14.1. The van der Waals surface area contributed by atoms with Gasteiger partial charge in [-0.15, -0.1) is 0 Å². The molecule has 29 heavy (non-hydrogen) atoms. The minimum Gasteiger partial charge on any atom is -0.309 e. The molecule has 0 saturated heterocycles. The van der Waals surface area contributed by atoms with Gasteiger partial charge in [-0.3, -0.25) is 0 Å². The van der Waals surface area contributed by atoms with Gasteiger partial charge in [0.05, 0.1) is 16.7 Å². The van der Waals surface area contributed by atoms with Gasteiger partial charge in [0, 0.05) is 16.2 Å². The zero-order valence-electron chi connectivity index (χ0n) is 16.4. The van der Waals surface area contributed by atoms with Crippen molar-refractivity contribution in [3.05, 3.63) is 102 Å². The molecule has 2 heterocycles. The molecule has 5 aromatic rings. The highest BCUT2D eigenvalue weighted by molar-refractivity contribution is 6.12. The highest BCUT2D eigenvalue weighted by atomic mass is 19.1. The molecule has 0 atom stereocenters. The van der Waals surface area contributed by atoms with Crippen LogP contribution in [-0.2, 0) is 5.41 Å². The van der Waals surface area contributed by atoms with E-state index in [2.05, 4.69) is 79.1 Å². The van der Waals surface area contributed by atoms with Gasteiger partial charge in [0.2, 0.25) is 0 Å². The molecule has 0 N–H and O–H groups in total. The van der Waals surface area contributed by atoms with Gasteiger partial charge in [-0.25, -0.2) is 4.39 Å². The Bertz CT molecular complexity index is 1420. The lowest BCUT2D eigenvalue weighted by molar-refractivity contribution is 0.628. The Morgan fingerprint density at radius 2 is 1.41 bits per heavy atom. The van der Waals surface area contributed by atoms with Crippen LogP contribution in [0.4, 0.5) is 4.39 Å². The number of hydrogen-bond acceptors (Lipinski definition) is 0. The summed E-state index contributed by atoms with van der Waals surface area (Å²) in [6.07, 6.45) is 0. The molecule has 140 valence electrons. The number of para-hydroxylation sites is 2. The Labute approximate surface area is 169 Å².